The van der Waals surface area contributed by atoms with Gasteiger partial charge in [0.05, 0.1) is 0 Å². The van der Waals surface area contributed by atoms with Crippen LogP contribution in [0.4, 0.5) is 4.39 Å². The van der Waals surface area contributed by atoms with Crippen LogP contribution in [0.2, 0.25) is 0 Å². The molecule has 21 heavy (non-hydrogen) atoms. The predicted octanol–water partition coefficient (Wildman–Crippen LogP) is 6.24. The molecular formula is C20H27F. The van der Waals surface area contributed by atoms with Crippen LogP contribution in [-0.2, 0) is 0 Å². The molecule has 0 amide bonds. The minimum absolute atomic E-state index is 0.122. The van der Waals surface area contributed by atoms with E-state index in [4.69, 9.17) is 0 Å². The Kier molecular flexibility index (Phi) is 5.11. The van der Waals surface area contributed by atoms with Crippen LogP contribution in [0.5, 0.6) is 0 Å². The fourth-order valence-corrected chi connectivity index (χ4v) is 4.02. The molecule has 0 N–H and O–H groups in total. The summed E-state index contributed by atoms with van der Waals surface area (Å²) in [6.45, 7) is 0. The molecule has 2 aliphatic rings. The van der Waals surface area contributed by atoms with Gasteiger partial charge in [-0.3, -0.25) is 0 Å². The summed E-state index contributed by atoms with van der Waals surface area (Å²) in [6, 6.07) is 7.14. The zero-order valence-corrected chi connectivity index (χ0v) is 12.9. The van der Waals surface area contributed by atoms with Crippen LogP contribution >= 0.6 is 0 Å². The lowest BCUT2D eigenvalue weighted by Crippen LogP contribution is -2.12. The summed E-state index contributed by atoms with van der Waals surface area (Å²) in [6.07, 6.45) is 17.2. The molecule has 3 rings (SSSR count). The maximum absolute atomic E-state index is 13.0. The summed E-state index contributed by atoms with van der Waals surface area (Å²) in [7, 11) is 0. The lowest BCUT2D eigenvalue weighted by molar-refractivity contribution is 0.370. The maximum Gasteiger partial charge on any atom is 0.123 e. The highest BCUT2D eigenvalue weighted by molar-refractivity contribution is 5.21. The third-order valence-corrected chi connectivity index (χ3v) is 5.42. The van der Waals surface area contributed by atoms with Crippen LogP contribution in [0.1, 0.15) is 69.3 Å². The van der Waals surface area contributed by atoms with Crippen LogP contribution in [0, 0.1) is 17.7 Å². The van der Waals surface area contributed by atoms with Gasteiger partial charge in [-0.1, -0.05) is 43.5 Å². The van der Waals surface area contributed by atoms with Gasteiger partial charge in [0.2, 0.25) is 0 Å². The molecule has 2 saturated carbocycles. The number of hydrogen-bond donors (Lipinski definition) is 0. The predicted molar refractivity (Wildman–Crippen MR) is 86.8 cm³/mol. The van der Waals surface area contributed by atoms with Crippen molar-refractivity contribution in [3.05, 3.63) is 47.8 Å². The van der Waals surface area contributed by atoms with Gasteiger partial charge in [0.1, 0.15) is 5.82 Å². The zero-order valence-electron chi connectivity index (χ0n) is 12.9. The second kappa shape index (κ2) is 7.24. The minimum atomic E-state index is -0.122. The van der Waals surface area contributed by atoms with Crippen LogP contribution < -0.4 is 0 Å². The van der Waals surface area contributed by atoms with Crippen LogP contribution in [0.3, 0.4) is 0 Å². The first-order chi connectivity index (χ1) is 10.3. The Labute approximate surface area is 128 Å². The van der Waals surface area contributed by atoms with Crippen molar-refractivity contribution in [2.75, 3.05) is 0 Å². The first-order valence-corrected chi connectivity index (χ1v) is 8.75. The van der Waals surface area contributed by atoms with Crippen molar-refractivity contribution in [3.63, 3.8) is 0 Å². The largest absolute Gasteiger partial charge is 0.207 e. The molecular weight excluding hydrogens is 259 g/mol. The van der Waals surface area contributed by atoms with Gasteiger partial charge in [0.15, 0.2) is 0 Å². The molecule has 0 nitrogen and oxygen atoms in total. The quantitative estimate of drug-likeness (QED) is 0.577. The van der Waals surface area contributed by atoms with E-state index in [2.05, 4.69) is 12.2 Å². The molecule has 1 aromatic rings. The van der Waals surface area contributed by atoms with Crippen LogP contribution in [0.15, 0.2) is 36.4 Å². The van der Waals surface area contributed by atoms with Crippen molar-refractivity contribution in [3.8, 4) is 0 Å². The molecule has 1 heteroatoms. The van der Waals surface area contributed by atoms with Crippen LogP contribution in [-0.4, -0.2) is 0 Å². The Balaban J connectivity index is 1.48. The topological polar surface area (TPSA) is 0 Å². The number of halogens is 1. The van der Waals surface area contributed by atoms with Gasteiger partial charge in [-0.05, 0) is 74.0 Å². The van der Waals surface area contributed by atoms with Gasteiger partial charge in [-0.15, -0.1) is 0 Å². The summed E-state index contributed by atoms with van der Waals surface area (Å²) >= 11 is 0. The van der Waals surface area contributed by atoms with E-state index in [1.165, 1.54) is 63.4 Å². The molecule has 0 radical (unpaired) electrons. The second-order valence-corrected chi connectivity index (χ2v) is 6.95. The van der Waals surface area contributed by atoms with Crippen molar-refractivity contribution in [1.82, 2.24) is 0 Å². The van der Waals surface area contributed by atoms with Crippen molar-refractivity contribution in [1.29, 1.82) is 0 Å². The molecule has 0 atom stereocenters. The van der Waals surface area contributed by atoms with E-state index in [1.54, 1.807) is 12.1 Å². The number of rotatable bonds is 3. The van der Waals surface area contributed by atoms with E-state index in [0.717, 1.165) is 11.8 Å². The smallest absolute Gasteiger partial charge is 0.123 e. The highest BCUT2D eigenvalue weighted by Crippen LogP contribution is 2.37. The number of benzene rings is 1. The molecule has 0 spiro atoms. The Hall–Kier alpha value is -1.11. The average molecular weight is 286 g/mol. The highest BCUT2D eigenvalue weighted by Gasteiger charge is 2.21. The molecule has 0 bridgehead atoms. The zero-order chi connectivity index (χ0) is 14.5. The van der Waals surface area contributed by atoms with Crippen molar-refractivity contribution in [2.24, 2.45) is 11.8 Å². The summed E-state index contributed by atoms with van der Waals surface area (Å²) in [4.78, 5) is 0. The molecule has 1 aromatic carbocycles. The van der Waals surface area contributed by atoms with Gasteiger partial charge in [0, 0.05) is 0 Å². The van der Waals surface area contributed by atoms with Crippen molar-refractivity contribution in [2.45, 2.75) is 63.7 Å². The lowest BCUT2D eigenvalue weighted by Gasteiger charge is -2.27. The monoisotopic (exact) mass is 286 g/mol. The molecule has 2 aliphatic carbocycles. The van der Waals surface area contributed by atoms with Crippen LogP contribution in [0.25, 0.3) is 0 Å². The summed E-state index contributed by atoms with van der Waals surface area (Å²) in [5.41, 5.74) is 1.33. The third kappa shape index (κ3) is 4.18. The molecule has 0 saturated heterocycles. The van der Waals surface area contributed by atoms with Gasteiger partial charge < -0.3 is 0 Å². The normalized spacial score (nSPS) is 28.0. The Morgan fingerprint density at radius 1 is 0.714 bits per heavy atom. The molecule has 0 aromatic heterocycles. The first kappa shape index (κ1) is 14.8. The van der Waals surface area contributed by atoms with Crippen molar-refractivity contribution < 1.29 is 4.39 Å². The van der Waals surface area contributed by atoms with Gasteiger partial charge >= 0.3 is 0 Å². The van der Waals surface area contributed by atoms with E-state index in [0.29, 0.717) is 5.92 Å². The van der Waals surface area contributed by atoms with Gasteiger partial charge in [-0.25, -0.2) is 4.39 Å². The summed E-state index contributed by atoms with van der Waals surface area (Å²) in [5, 5.41) is 0. The Morgan fingerprint density at radius 3 is 1.90 bits per heavy atom. The Morgan fingerprint density at radius 2 is 1.29 bits per heavy atom. The fourth-order valence-electron chi connectivity index (χ4n) is 4.02. The van der Waals surface area contributed by atoms with E-state index < -0.39 is 0 Å². The molecule has 0 unspecified atom stereocenters. The molecule has 114 valence electrons. The van der Waals surface area contributed by atoms with Crippen molar-refractivity contribution >= 4 is 0 Å². The molecule has 2 fully saturated rings. The number of allylic oxidation sites excluding steroid dienone is 2. The number of hydrogen-bond acceptors (Lipinski definition) is 0. The standard InChI is InChI=1S/C20H27F/c21-20-14-12-19(13-15-20)18-10-8-17(9-11-18)7-6-16-4-2-1-3-5-16/h6-7,12-18H,1-5,8-11H2/b7-6+. The van der Waals surface area contributed by atoms with Gasteiger partial charge in [-0.2, -0.15) is 0 Å². The SMILES string of the molecule is Fc1ccc(C2CCC(/C=C/C3CCCCC3)CC2)cc1. The fraction of sp³-hybridized carbons (Fsp3) is 0.600. The highest BCUT2D eigenvalue weighted by atomic mass is 19.1. The molecule has 0 heterocycles. The second-order valence-electron chi connectivity index (χ2n) is 6.95. The maximum atomic E-state index is 13.0. The van der Waals surface area contributed by atoms with E-state index >= 15 is 0 Å². The van der Waals surface area contributed by atoms with E-state index in [9.17, 15) is 4.39 Å². The first-order valence-electron chi connectivity index (χ1n) is 8.75. The average Bonchev–Trinajstić information content (AvgIpc) is 2.55. The van der Waals surface area contributed by atoms with Gasteiger partial charge in [0.25, 0.3) is 0 Å². The third-order valence-electron chi connectivity index (χ3n) is 5.42. The summed E-state index contributed by atoms with van der Waals surface area (Å²) < 4.78 is 13.0. The summed E-state index contributed by atoms with van der Waals surface area (Å²) in [5.74, 6) is 2.16. The minimum Gasteiger partial charge on any atom is -0.207 e. The van der Waals surface area contributed by atoms with E-state index in [-0.39, 0.29) is 5.82 Å². The lowest BCUT2D eigenvalue weighted by atomic mass is 9.78. The Bertz CT molecular complexity index is 445. The molecule has 0 aliphatic heterocycles. The van der Waals surface area contributed by atoms with E-state index in [1.807, 2.05) is 12.1 Å².